The predicted octanol–water partition coefficient (Wildman–Crippen LogP) is 3.24. The molecule has 0 radical (unpaired) electrons. The van der Waals surface area contributed by atoms with Gasteiger partial charge in [-0.2, -0.15) is 0 Å². The maximum atomic E-state index is 12.3. The molecule has 7 heteroatoms. The van der Waals surface area contributed by atoms with Gasteiger partial charge in [0.2, 0.25) is 5.13 Å². The first-order chi connectivity index (χ1) is 10.0. The van der Waals surface area contributed by atoms with Gasteiger partial charge in [0.05, 0.1) is 4.90 Å². The Morgan fingerprint density at radius 3 is 2.43 bits per heavy atom. The highest BCUT2D eigenvalue weighted by molar-refractivity contribution is 7.93. The maximum absolute atomic E-state index is 12.3. The van der Waals surface area contributed by atoms with E-state index in [4.69, 9.17) is 0 Å². The summed E-state index contributed by atoms with van der Waals surface area (Å²) in [6.45, 7) is 4.09. The van der Waals surface area contributed by atoms with Gasteiger partial charge in [0.1, 0.15) is 5.01 Å². The average Bonchev–Trinajstić information content (AvgIpc) is 2.92. The number of hydrogen-bond donors (Lipinski definition) is 1. The van der Waals surface area contributed by atoms with E-state index in [0.29, 0.717) is 5.13 Å². The van der Waals surface area contributed by atoms with E-state index in [-0.39, 0.29) is 4.90 Å². The molecule has 0 fully saturated rings. The summed E-state index contributed by atoms with van der Waals surface area (Å²) in [6.07, 6.45) is 3.94. The van der Waals surface area contributed by atoms with E-state index in [1.807, 2.05) is 19.1 Å². The Balaban J connectivity index is 2.11. The normalized spacial score (nSPS) is 11.5. The molecule has 0 atom stereocenters. The monoisotopic (exact) mass is 325 g/mol. The lowest BCUT2D eigenvalue weighted by Crippen LogP contribution is -2.12. The zero-order chi connectivity index (χ0) is 15.3. The molecule has 114 valence electrons. The highest BCUT2D eigenvalue weighted by atomic mass is 32.2. The van der Waals surface area contributed by atoms with Crippen molar-refractivity contribution in [2.75, 3.05) is 4.72 Å². The van der Waals surface area contributed by atoms with Crippen molar-refractivity contribution in [3.8, 4) is 0 Å². The second-order valence-corrected chi connectivity index (χ2v) is 7.45. The lowest BCUT2D eigenvalue weighted by molar-refractivity contribution is 0.601. The van der Waals surface area contributed by atoms with Crippen molar-refractivity contribution in [3.05, 3.63) is 34.8 Å². The van der Waals surface area contributed by atoms with Gasteiger partial charge in [-0.05, 0) is 37.0 Å². The Hall–Kier alpha value is -1.47. The van der Waals surface area contributed by atoms with Crippen molar-refractivity contribution in [2.45, 2.75) is 44.4 Å². The lowest BCUT2D eigenvalue weighted by Gasteiger charge is -2.06. The number of anilines is 1. The largest absolute Gasteiger partial charge is 0.263 e. The highest BCUT2D eigenvalue weighted by Gasteiger charge is 2.16. The smallest absolute Gasteiger partial charge is 0.253 e. The molecule has 1 N–H and O–H groups in total. The predicted molar refractivity (Wildman–Crippen MR) is 85.1 cm³/mol. The SMILES string of the molecule is CCCCc1ccc(S(=O)(=O)Nc2nnc(CC)s2)cc1. The van der Waals surface area contributed by atoms with Gasteiger partial charge in [-0.25, -0.2) is 8.42 Å². The van der Waals surface area contributed by atoms with Gasteiger partial charge in [0, 0.05) is 0 Å². The lowest BCUT2D eigenvalue weighted by atomic mass is 10.1. The van der Waals surface area contributed by atoms with Gasteiger partial charge in [-0.15, -0.1) is 10.2 Å². The minimum atomic E-state index is -3.59. The molecule has 21 heavy (non-hydrogen) atoms. The van der Waals surface area contributed by atoms with Crippen LogP contribution in [0.5, 0.6) is 0 Å². The van der Waals surface area contributed by atoms with Crippen LogP contribution in [0.4, 0.5) is 5.13 Å². The van der Waals surface area contributed by atoms with Crippen molar-refractivity contribution >= 4 is 26.5 Å². The fourth-order valence-electron chi connectivity index (χ4n) is 1.83. The summed E-state index contributed by atoms with van der Waals surface area (Å²) >= 11 is 1.26. The molecule has 1 heterocycles. The Bertz CT molecular complexity index is 678. The molecule has 0 amide bonds. The summed E-state index contributed by atoms with van der Waals surface area (Å²) in [7, 11) is -3.59. The number of sulfonamides is 1. The van der Waals surface area contributed by atoms with Crippen LogP contribution in [-0.2, 0) is 22.9 Å². The van der Waals surface area contributed by atoms with Gasteiger partial charge in [0.25, 0.3) is 10.0 Å². The zero-order valence-electron chi connectivity index (χ0n) is 12.2. The number of benzene rings is 1. The van der Waals surface area contributed by atoms with Gasteiger partial charge in [0.15, 0.2) is 0 Å². The number of nitrogens with one attached hydrogen (secondary N) is 1. The third-order valence-corrected chi connectivity index (χ3v) is 5.51. The van der Waals surface area contributed by atoms with Crippen molar-refractivity contribution in [1.82, 2.24) is 10.2 Å². The van der Waals surface area contributed by atoms with Crippen molar-refractivity contribution in [2.24, 2.45) is 0 Å². The first-order valence-electron chi connectivity index (χ1n) is 6.99. The molecule has 2 rings (SSSR count). The average molecular weight is 325 g/mol. The number of unbranched alkanes of at least 4 members (excludes halogenated alkanes) is 1. The van der Waals surface area contributed by atoms with Crippen LogP contribution < -0.4 is 4.72 Å². The molecule has 0 saturated heterocycles. The van der Waals surface area contributed by atoms with Crippen molar-refractivity contribution < 1.29 is 8.42 Å². The van der Waals surface area contributed by atoms with Crippen LogP contribution in [-0.4, -0.2) is 18.6 Å². The minimum absolute atomic E-state index is 0.246. The fourth-order valence-corrected chi connectivity index (χ4v) is 3.74. The fraction of sp³-hybridized carbons (Fsp3) is 0.429. The molecule has 0 aliphatic rings. The Morgan fingerprint density at radius 2 is 1.86 bits per heavy atom. The number of aryl methyl sites for hydroxylation is 2. The number of hydrogen-bond acceptors (Lipinski definition) is 5. The highest BCUT2D eigenvalue weighted by Crippen LogP contribution is 2.20. The summed E-state index contributed by atoms with van der Waals surface area (Å²) in [5.41, 5.74) is 1.15. The van der Waals surface area contributed by atoms with Crippen molar-refractivity contribution in [3.63, 3.8) is 0 Å². The van der Waals surface area contributed by atoms with Gasteiger partial charge >= 0.3 is 0 Å². The molecule has 0 spiro atoms. The Morgan fingerprint density at radius 1 is 1.14 bits per heavy atom. The van der Waals surface area contributed by atoms with E-state index in [1.165, 1.54) is 11.3 Å². The van der Waals surface area contributed by atoms with Gasteiger partial charge in [-0.3, -0.25) is 4.72 Å². The molecule has 1 aromatic heterocycles. The van der Waals surface area contributed by atoms with Crippen LogP contribution in [0.2, 0.25) is 0 Å². The third kappa shape index (κ3) is 4.25. The first kappa shape index (κ1) is 15.9. The van der Waals surface area contributed by atoms with Crippen LogP contribution in [0.3, 0.4) is 0 Å². The second-order valence-electron chi connectivity index (χ2n) is 4.71. The van der Waals surface area contributed by atoms with E-state index in [1.54, 1.807) is 12.1 Å². The first-order valence-corrected chi connectivity index (χ1v) is 9.29. The summed E-state index contributed by atoms with van der Waals surface area (Å²) in [5, 5.41) is 8.85. The third-order valence-electron chi connectivity index (χ3n) is 3.04. The van der Waals surface area contributed by atoms with E-state index < -0.39 is 10.0 Å². The van der Waals surface area contributed by atoms with E-state index in [2.05, 4.69) is 21.8 Å². The second kappa shape index (κ2) is 7.00. The van der Waals surface area contributed by atoms with E-state index >= 15 is 0 Å². The van der Waals surface area contributed by atoms with Gasteiger partial charge < -0.3 is 0 Å². The molecular formula is C14H19N3O2S2. The number of rotatable bonds is 7. The molecule has 0 aliphatic heterocycles. The molecule has 5 nitrogen and oxygen atoms in total. The molecule has 0 aliphatic carbocycles. The molecule has 0 bridgehead atoms. The maximum Gasteiger partial charge on any atom is 0.263 e. The topological polar surface area (TPSA) is 72.0 Å². The van der Waals surface area contributed by atoms with Crippen LogP contribution in [0.1, 0.15) is 37.3 Å². The van der Waals surface area contributed by atoms with Gasteiger partial charge in [-0.1, -0.05) is 43.7 Å². The van der Waals surface area contributed by atoms with E-state index in [9.17, 15) is 8.42 Å². The van der Waals surface area contributed by atoms with Crippen LogP contribution in [0.15, 0.2) is 29.2 Å². The molecule has 0 unspecified atom stereocenters. The van der Waals surface area contributed by atoms with Crippen molar-refractivity contribution in [1.29, 1.82) is 0 Å². The quantitative estimate of drug-likeness (QED) is 0.848. The summed E-state index contributed by atoms with van der Waals surface area (Å²) in [5.74, 6) is 0. The minimum Gasteiger partial charge on any atom is -0.253 e. The zero-order valence-corrected chi connectivity index (χ0v) is 13.8. The van der Waals surface area contributed by atoms with E-state index in [0.717, 1.165) is 36.3 Å². The van der Waals surface area contributed by atoms with Crippen LogP contribution in [0, 0.1) is 0 Å². The van der Waals surface area contributed by atoms with Crippen LogP contribution >= 0.6 is 11.3 Å². The Labute approximate surface area is 129 Å². The molecule has 2 aromatic rings. The summed E-state index contributed by atoms with van der Waals surface area (Å²) in [6, 6.07) is 6.99. The standard InChI is InChI=1S/C14H19N3O2S2/c1-3-5-6-11-7-9-12(10-8-11)21(18,19)17-14-16-15-13(4-2)20-14/h7-10H,3-6H2,1-2H3,(H,16,17). The summed E-state index contributed by atoms with van der Waals surface area (Å²) < 4.78 is 27.0. The Kier molecular flexibility index (Phi) is 5.30. The number of aromatic nitrogens is 2. The molecule has 0 saturated carbocycles. The summed E-state index contributed by atoms with van der Waals surface area (Å²) in [4.78, 5) is 0.246. The molecule has 1 aromatic carbocycles. The number of nitrogens with zero attached hydrogens (tertiary/aromatic N) is 2. The molecular weight excluding hydrogens is 306 g/mol. The van der Waals surface area contributed by atoms with Crippen LogP contribution in [0.25, 0.3) is 0 Å².